The van der Waals surface area contributed by atoms with Gasteiger partial charge in [-0.05, 0) is 41.0 Å². The number of benzene rings is 2. The van der Waals surface area contributed by atoms with Crippen molar-refractivity contribution in [3.8, 4) is 5.75 Å². The van der Waals surface area contributed by atoms with Gasteiger partial charge in [0.1, 0.15) is 11.4 Å². The van der Waals surface area contributed by atoms with Crippen LogP contribution in [0.1, 0.15) is 21.6 Å². The number of carbonyl (C=O) groups is 2. The van der Waals surface area contributed by atoms with Crippen molar-refractivity contribution in [3.63, 3.8) is 0 Å². The van der Waals surface area contributed by atoms with E-state index in [0.717, 1.165) is 18.7 Å². The van der Waals surface area contributed by atoms with E-state index < -0.39 is 6.36 Å². The highest BCUT2D eigenvalue weighted by Crippen LogP contribution is 2.52. The Hall–Kier alpha value is -3.86. The maximum Gasteiger partial charge on any atom is 0.573 e. The fourth-order valence-corrected chi connectivity index (χ4v) is 5.61. The molecule has 1 aliphatic heterocycles. The average molecular weight is 556 g/mol. The maximum atomic E-state index is 13.4. The van der Waals surface area contributed by atoms with Crippen molar-refractivity contribution < 1.29 is 27.5 Å². The van der Waals surface area contributed by atoms with Crippen LogP contribution in [0, 0.1) is 17.8 Å². The van der Waals surface area contributed by atoms with Crippen LogP contribution >= 0.6 is 0 Å². The molecule has 8 nitrogen and oxygen atoms in total. The van der Waals surface area contributed by atoms with E-state index in [9.17, 15) is 22.8 Å². The third-order valence-electron chi connectivity index (χ3n) is 7.64. The number of fused-ring (bicyclic) bond motifs is 1. The molecule has 2 aliphatic rings. The number of rotatable bonds is 10. The Morgan fingerprint density at radius 3 is 2.38 bits per heavy atom. The van der Waals surface area contributed by atoms with Crippen molar-refractivity contribution >= 4 is 11.8 Å². The highest BCUT2D eigenvalue weighted by Gasteiger charge is 2.56. The number of hydrogen-bond donors (Lipinski definition) is 0. The highest BCUT2D eigenvalue weighted by atomic mass is 19.4. The zero-order valence-corrected chi connectivity index (χ0v) is 22.4. The quantitative estimate of drug-likeness (QED) is 0.381. The lowest BCUT2D eigenvalue weighted by Crippen LogP contribution is -2.39. The summed E-state index contributed by atoms with van der Waals surface area (Å²) in [5.74, 6) is 0.459. The predicted molar refractivity (Wildman–Crippen MR) is 141 cm³/mol. The summed E-state index contributed by atoms with van der Waals surface area (Å²) in [6.45, 7) is 3.06. The van der Waals surface area contributed by atoms with Crippen LogP contribution in [0.2, 0.25) is 0 Å². The van der Waals surface area contributed by atoms with Gasteiger partial charge in [-0.15, -0.1) is 13.2 Å². The molecule has 5 rings (SSSR count). The van der Waals surface area contributed by atoms with E-state index in [-0.39, 0.29) is 35.7 Å². The van der Waals surface area contributed by atoms with E-state index in [1.165, 1.54) is 18.2 Å². The molecule has 1 aromatic heterocycles. The van der Waals surface area contributed by atoms with Crippen LogP contribution in [0.5, 0.6) is 5.75 Å². The Kier molecular flexibility index (Phi) is 7.84. The van der Waals surface area contributed by atoms with Crippen molar-refractivity contribution in [2.45, 2.75) is 19.5 Å². The third-order valence-corrected chi connectivity index (χ3v) is 7.64. The molecule has 11 heteroatoms. The zero-order valence-electron chi connectivity index (χ0n) is 22.4. The van der Waals surface area contributed by atoms with Crippen molar-refractivity contribution in [2.75, 3.05) is 33.2 Å². The number of alkyl halides is 3. The van der Waals surface area contributed by atoms with Gasteiger partial charge in [0.15, 0.2) is 0 Å². The molecule has 0 spiro atoms. The van der Waals surface area contributed by atoms with Gasteiger partial charge in [-0.3, -0.25) is 14.5 Å². The molecule has 2 amide bonds. The van der Waals surface area contributed by atoms with Gasteiger partial charge in [0.25, 0.3) is 5.91 Å². The number of aryl methyl sites for hydroxylation is 1. The smallest absolute Gasteiger partial charge is 0.406 e. The van der Waals surface area contributed by atoms with E-state index in [2.05, 4.69) is 14.6 Å². The number of hydrogen-bond acceptors (Lipinski definition) is 5. The number of halogens is 3. The van der Waals surface area contributed by atoms with Gasteiger partial charge in [-0.2, -0.15) is 0 Å². The zero-order chi connectivity index (χ0) is 28.4. The number of likely N-dealkylation sites (tertiary alicyclic amines) is 1. The summed E-state index contributed by atoms with van der Waals surface area (Å²) >= 11 is 0. The van der Waals surface area contributed by atoms with Crippen molar-refractivity contribution in [2.24, 2.45) is 24.8 Å². The van der Waals surface area contributed by atoms with E-state index in [0.29, 0.717) is 37.0 Å². The second-order valence-electron chi connectivity index (χ2n) is 10.7. The van der Waals surface area contributed by atoms with Crippen LogP contribution < -0.4 is 4.74 Å². The summed E-state index contributed by atoms with van der Waals surface area (Å²) in [4.78, 5) is 35.9. The molecule has 3 aromatic rings. The molecule has 40 heavy (non-hydrogen) atoms. The lowest BCUT2D eigenvalue weighted by Gasteiger charge is -2.26. The second-order valence-corrected chi connectivity index (χ2v) is 10.7. The molecule has 1 saturated heterocycles. The Labute approximate surface area is 230 Å². The first-order chi connectivity index (χ1) is 19.1. The standard InChI is InChI=1S/C29H32F3N5O3/c1-34-17-26(33-19-34)28(39)37(13-21-9-6-10-22(11-21)40-29(30,31)32)16-25-23-14-36(15-24(23)25)18-27(38)35(2)12-20-7-4-3-5-8-20/h3-11,17,19,23-25H,12-16,18H2,1-2H3. The maximum absolute atomic E-state index is 13.4. The molecule has 2 fully saturated rings. The molecule has 1 saturated carbocycles. The summed E-state index contributed by atoms with van der Waals surface area (Å²) < 4.78 is 43.9. The Bertz CT molecular complexity index is 1330. The molecule has 1 aliphatic carbocycles. The number of nitrogens with zero attached hydrogens (tertiary/aromatic N) is 5. The van der Waals surface area contributed by atoms with Crippen LogP contribution in [0.25, 0.3) is 0 Å². The molecule has 212 valence electrons. The van der Waals surface area contributed by atoms with E-state index in [4.69, 9.17) is 0 Å². The minimum absolute atomic E-state index is 0.0645. The summed E-state index contributed by atoms with van der Waals surface area (Å²) in [7, 11) is 3.58. The Morgan fingerprint density at radius 2 is 1.73 bits per heavy atom. The summed E-state index contributed by atoms with van der Waals surface area (Å²) in [5.41, 5.74) is 1.89. The van der Waals surface area contributed by atoms with Crippen LogP contribution in [0.3, 0.4) is 0 Å². The minimum atomic E-state index is -4.79. The highest BCUT2D eigenvalue weighted by molar-refractivity contribution is 5.92. The molecule has 2 heterocycles. The molecular weight excluding hydrogens is 523 g/mol. The molecule has 2 atom stereocenters. The van der Waals surface area contributed by atoms with Gasteiger partial charge in [0.2, 0.25) is 5.91 Å². The second kappa shape index (κ2) is 11.3. The van der Waals surface area contributed by atoms with Gasteiger partial charge >= 0.3 is 6.36 Å². The number of piperidine rings is 1. The molecule has 0 bridgehead atoms. The van der Waals surface area contributed by atoms with Gasteiger partial charge < -0.3 is 19.1 Å². The number of amides is 2. The van der Waals surface area contributed by atoms with Crippen LogP contribution in [0.4, 0.5) is 13.2 Å². The summed E-state index contributed by atoms with van der Waals surface area (Å²) in [6, 6.07) is 15.5. The normalized spacial score (nSPS) is 20.2. The van der Waals surface area contributed by atoms with Gasteiger partial charge in [0.05, 0.1) is 12.9 Å². The number of carbonyl (C=O) groups excluding carboxylic acids is 2. The largest absolute Gasteiger partial charge is 0.573 e. The SMILES string of the molecule is CN(Cc1ccccc1)C(=O)CN1CC2C(C1)C2CN(Cc1cccc(OC(F)(F)F)c1)C(=O)c1cn(C)cn1. The van der Waals surface area contributed by atoms with Crippen LogP contribution in [-0.2, 0) is 24.9 Å². The first-order valence-corrected chi connectivity index (χ1v) is 13.2. The van der Waals surface area contributed by atoms with Crippen LogP contribution in [-0.4, -0.2) is 75.7 Å². The fourth-order valence-electron chi connectivity index (χ4n) is 5.61. The molecule has 2 unspecified atom stereocenters. The van der Waals surface area contributed by atoms with Gasteiger partial charge in [0, 0.05) is 53.0 Å². The number of aromatic nitrogens is 2. The van der Waals surface area contributed by atoms with E-state index in [1.807, 2.05) is 37.4 Å². The van der Waals surface area contributed by atoms with Gasteiger partial charge in [-0.1, -0.05) is 42.5 Å². The van der Waals surface area contributed by atoms with Crippen molar-refractivity contribution in [3.05, 3.63) is 83.9 Å². The average Bonchev–Trinajstić information content (AvgIpc) is 3.21. The Morgan fingerprint density at radius 1 is 1.02 bits per heavy atom. The lowest BCUT2D eigenvalue weighted by atomic mass is 10.1. The van der Waals surface area contributed by atoms with Crippen molar-refractivity contribution in [1.82, 2.24) is 24.3 Å². The number of imidazole rings is 1. The van der Waals surface area contributed by atoms with Crippen molar-refractivity contribution in [1.29, 1.82) is 0 Å². The van der Waals surface area contributed by atoms with E-state index in [1.54, 1.807) is 40.0 Å². The predicted octanol–water partition coefficient (Wildman–Crippen LogP) is 3.80. The molecular formula is C29H32F3N5O3. The van der Waals surface area contributed by atoms with Gasteiger partial charge in [-0.25, -0.2) is 4.98 Å². The number of ether oxygens (including phenoxy) is 1. The number of likely N-dealkylation sites (N-methyl/N-ethyl adjacent to an activating group) is 1. The summed E-state index contributed by atoms with van der Waals surface area (Å²) in [5, 5.41) is 0. The minimum Gasteiger partial charge on any atom is -0.406 e. The lowest BCUT2D eigenvalue weighted by molar-refractivity contribution is -0.274. The third kappa shape index (κ3) is 6.82. The molecule has 2 aromatic carbocycles. The first kappa shape index (κ1) is 27.7. The summed E-state index contributed by atoms with van der Waals surface area (Å²) in [6.07, 6.45) is -1.62. The monoisotopic (exact) mass is 555 g/mol. The van der Waals surface area contributed by atoms with E-state index >= 15 is 0 Å². The fraction of sp³-hybridized carbons (Fsp3) is 0.414. The Balaban J connectivity index is 1.19. The topological polar surface area (TPSA) is 70.9 Å². The first-order valence-electron chi connectivity index (χ1n) is 13.2. The molecule has 0 N–H and O–H groups in total. The molecule has 0 radical (unpaired) electrons. The van der Waals surface area contributed by atoms with Crippen LogP contribution in [0.15, 0.2) is 67.1 Å².